The zero-order valence-corrected chi connectivity index (χ0v) is 11.5. The van der Waals surface area contributed by atoms with Crippen molar-refractivity contribution in [1.29, 1.82) is 0 Å². The summed E-state index contributed by atoms with van der Waals surface area (Å²) in [5.41, 5.74) is 2.12. The third-order valence-corrected chi connectivity index (χ3v) is 3.71. The molecule has 0 aliphatic carbocycles. The molecular weight excluding hydrogens is 283 g/mol. The lowest BCUT2D eigenvalue weighted by Crippen LogP contribution is -2.25. The van der Waals surface area contributed by atoms with Gasteiger partial charge in [-0.3, -0.25) is 14.3 Å². The molecule has 0 unspecified atom stereocenters. The topological polar surface area (TPSA) is 44.1 Å². The molecule has 4 rings (SSSR count). The fraction of sp³-hybridized carbons (Fsp3) is 0.0588. The van der Waals surface area contributed by atoms with Gasteiger partial charge in [-0.15, -0.1) is 0 Å². The van der Waals surface area contributed by atoms with Gasteiger partial charge < -0.3 is 4.74 Å². The second-order valence-electron chi connectivity index (χ2n) is 4.98. The van der Waals surface area contributed by atoms with Crippen LogP contribution in [0.15, 0.2) is 59.7 Å². The van der Waals surface area contributed by atoms with Crippen molar-refractivity contribution >= 4 is 0 Å². The van der Waals surface area contributed by atoms with Crippen LogP contribution < -0.4 is 10.3 Å². The van der Waals surface area contributed by atoms with Gasteiger partial charge in [-0.25, -0.2) is 4.39 Å². The maximum atomic E-state index is 14.2. The molecule has 2 aromatic heterocycles. The first kappa shape index (κ1) is 12.8. The molecule has 0 saturated heterocycles. The van der Waals surface area contributed by atoms with E-state index in [1.807, 2.05) is 0 Å². The highest BCUT2D eigenvalue weighted by molar-refractivity contribution is 5.75. The van der Waals surface area contributed by atoms with E-state index in [0.717, 1.165) is 0 Å². The first-order valence-electron chi connectivity index (χ1n) is 6.83. The van der Waals surface area contributed by atoms with Gasteiger partial charge in [-0.2, -0.15) is 0 Å². The minimum absolute atomic E-state index is 0.199. The fourth-order valence-electron chi connectivity index (χ4n) is 2.75. The van der Waals surface area contributed by atoms with Crippen molar-refractivity contribution < 1.29 is 9.13 Å². The number of rotatable bonds is 1. The minimum atomic E-state index is -0.366. The molecule has 3 aromatic rings. The third-order valence-electron chi connectivity index (χ3n) is 3.71. The maximum Gasteiger partial charge on any atom is 0.255 e. The molecule has 1 aromatic carbocycles. The molecule has 0 radical (unpaired) electrons. The van der Waals surface area contributed by atoms with Crippen LogP contribution in [-0.2, 0) is 6.61 Å². The molecule has 22 heavy (non-hydrogen) atoms. The highest BCUT2D eigenvalue weighted by Gasteiger charge is 2.24. The van der Waals surface area contributed by atoms with E-state index < -0.39 is 0 Å². The van der Waals surface area contributed by atoms with Gasteiger partial charge in [0, 0.05) is 17.8 Å². The summed E-state index contributed by atoms with van der Waals surface area (Å²) < 4.78 is 21.3. The Labute approximate surface area is 125 Å². The Morgan fingerprint density at radius 3 is 2.86 bits per heavy atom. The zero-order chi connectivity index (χ0) is 15.1. The second-order valence-corrected chi connectivity index (χ2v) is 4.98. The van der Waals surface area contributed by atoms with Crippen LogP contribution in [0, 0.1) is 5.82 Å². The van der Waals surface area contributed by atoms with E-state index in [1.54, 1.807) is 42.7 Å². The van der Waals surface area contributed by atoms with Gasteiger partial charge >= 0.3 is 0 Å². The molecule has 0 fully saturated rings. The molecule has 3 heterocycles. The average Bonchev–Trinajstić information content (AvgIpc) is 2.55. The Bertz CT molecular complexity index is 920. The van der Waals surface area contributed by atoms with E-state index in [9.17, 15) is 9.18 Å². The lowest BCUT2D eigenvalue weighted by Gasteiger charge is -2.24. The zero-order valence-electron chi connectivity index (χ0n) is 11.5. The monoisotopic (exact) mass is 294 g/mol. The van der Waals surface area contributed by atoms with Gasteiger partial charge in [-0.05, 0) is 30.3 Å². The van der Waals surface area contributed by atoms with E-state index in [1.165, 1.54) is 16.7 Å². The summed E-state index contributed by atoms with van der Waals surface area (Å²) in [6, 6.07) is 11.3. The van der Waals surface area contributed by atoms with E-state index in [2.05, 4.69) is 4.98 Å². The lowest BCUT2D eigenvalue weighted by atomic mass is 10.00. The van der Waals surface area contributed by atoms with Crippen molar-refractivity contribution in [2.75, 3.05) is 0 Å². The van der Waals surface area contributed by atoms with Gasteiger partial charge in [-0.1, -0.05) is 6.07 Å². The van der Waals surface area contributed by atoms with Crippen LogP contribution >= 0.6 is 0 Å². The molecule has 5 heteroatoms. The summed E-state index contributed by atoms with van der Waals surface area (Å²) in [4.78, 5) is 16.3. The normalized spacial score (nSPS) is 12.2. The molecule has 4 nitrogen and oxygen atoms in total. The van der Waals surface area contributed by atoms with Crippen molar-refractivity contribution in [1.82, 2.24) is 9.55 Å². The van der Waals surface area contributed by atoms with Crippen molar-refractivity contribution in [2.24, 2.45) is 0 Å². The molecule has 0 amide bonds. The number of pyridine rings is 2. The number of ether oxygens (including phenoxy) is 1. The third kappa shape index (κ3) is 1.83. The van der Waals surface area contributed by atoms with Gasteiger partial charge in [0.2, 0.25) is 0 Å². The highest BCUT2D eigenvalue weighted by atomic mass is 19.1. The van der Waals surface area contributed by atoms with Crippen molar-refractivity contribution in [3.05, 3.63) is 76.7 Å². The number of hydrogen-bond acceptors (Lipinski definition) is 3. The fourth-order valence-corrected chi connectivity index (χ4v) is 2.75. The van der Waals surface area contributed by atoms with Gasteiger partial charge in [0.05, 0.1) is 23.1 Å². The molecule has 108 valence electrons. The lowest BCUT2D eigenvalue weighted by molar-refractivity contribution is 0.291. The van der Waals surface area contributed by atoms with Crippen LogP contribution in [0.2, 0.25) is 0 Å². The largest absolute Gasteiger partial charge is 0.487 e. The van der Waals surface area contributed by atoms with Crippen molar-refractivity contribution in [2.45, 2.75) is 6.61 Å². The molecule has 0 bridgehead atoms. The summed E-state index contributed by atoms with van der Waals surface area (Å²) in [6.07, 6.45) is 3.23. The summed E-state index contributed by atoms with van der Waals surface area (Å²) in [7, 11) is 0. The summed E-state index contributed by atoms with van der Waals surface area (Å²) >= 11 is 0. The van der Waals surface area contributed by atoms with Crippen LogP contribution in [-0.4, -0.2) is 9.55 Å². The molecule has 1 aliphatic rings. The first-order chi connectivity index (χ1) is 10.8. The Balaban J connectivity index is 2.04. The van der Waals surface area contributed by atoms with E-state index in [0.29, 0.717) is 28.3 Å². The SMILES string of the molecule is O=c1ccc2c(n1-c1cccnc1)COc1cccc(F)c1-2. The van der Waals surface area contributed by atoms with E-state index in [4.69, 9.17) is 4.74 Å². The number of aromatic nitrogens is 2. The molecule has 0 saturated carbocycles. The standard InChI is InChI=1S/C17H11FN2O2/c18-13-4-1-5-15-17(13)12-6-7-16(21)20(14(12)10-22-15)11-3-2-8-19-9-11/h1-9H,10H2. The number of nitrogens with zero attached hydrogens (tertiary/aromatic N) is 2. The Kier molecular flexibility index (Phi) is 2.79. The van der Waals surface area contributed by atoms with Gasteiger partial charge in [0.25, 0.3) is 5.56 Å². The van der Waals surface area contributed by atoms with E-state index in [-0.39, 0.29) is 18.0 Å². The number of fused-ring (bicyclic) bond motifs is 3. The maximum absolute atomic E-state index is 14.2. The van der Waals surface area contributed by atoms with Crippen molar-refractivity contribution in [3.63, 3.8) is 0 Å². The van der Waals surface area contributed by atoms with Crippen LogP contribution in [0.4, 0.5) is 4.39 Å². The highest BCUT2D eigenvalue weighted by Crippen LogP contribution is 2.38. The number of benzene rings is 1. The predicted molar refractivity (Wildman–Crippen MR) is 79.6 cm³/mol. The quantitative estimate of drug-likeness (QED) is 0.693. The van der Waals surface area contributed by atoms with E-state index >= 15 is 0 Å². The summed E-state index contributed by atoms with van der Waals surface area (Å²) in [5, 5.41) is 0. The van der Waals surface area contributed by atoms with Crippen molar-refractivity contribution in [3.8, 4) is 22.6 Å². The molecule has 0 N–H and O–H groups in total. The second kappa shape index (κ2) is 4.80. The molecule has 0 spiro atoms. The Morgan fingerprint density at radius 2 is 2.05 bits per heavy atom. The number of halogens is 1. The first-order valence-corrected chi connectivity index (χ1v) is 6.83. The smallest absolute Gasteiger partial charge is 0.255 e. The Hall–Kier alpha value is -2.95. The van der Waals surface area contributed by atoms with Crippen LogP contribution in [0.5, 0.6) is 5.75 Å². The van der Waals surface area contributed by atoms with Crippen LogP contribution in [0.3, 0.4) is 0 Å². The molecule has 1 aliphatic heterocycles. The molecular formula is C17H11FN2O2. The van der Waals surface area contributed by atoms with Gasteiger partial charge in [0.1, 0.15) is 18.2 Å². The summed E-state index contributed by atoms with van der Waals surface area (Å²) in [6.45, 7) is 0.205. The predicted octanol–water partition coefficient (Wildman–Crippen LogP) is 2.93. The summed E-state index contributed by atoms with van der Waals surface area (Å²) in [5.74, 6) is 0.124. The minimum Gasteiger partial charge on any atom is -0.487 e. The van der Waals surface area contributed by atoms with Gasteiger partial charge in [0.15, 0.2) is 0 Å². The average molecular weight is 294 g/mol. The number of hydrogen-bond donors (Lipinski definition) is 0. The Morgan fingerprint density at radius 1 is 1.14 bits per heavy atom. The van der Waals surface area contributed by atoms with Crippen LogP contribution in [0.1, 0.15) is 5.69 Å². The van der Waals surface area contributed by atoms with Crippen LogP contribution in [0.25, 0.3) is 16.8 Å². The molecule has 0 atom stereocenters.